The van der Waals surface area contributed by atoms with E-state index in [0.29, 0.717) is 17.1 Å². The molecule has 0 saturated carbocycles. The molecule has 0 bridgehead atoms. The number of fused-ring (bicyclic) bond motifs is 3. The second kappa shape index (κ2) is 6.85. The van der Waals surface area contributed by atoms with E-state index in [1.165, 1.54) is 18.3 Å². The largest absolute Gasteiger partial charge is 0.473 e. The molecule has 2 heterocycles. The number of carbonyl (C=O) groups is 3. The zero-order valence-electron chi connectivity index (χ0n) is 15.0. The number of alkyl halides is 3. The lowest BCUT2D eigenvalue weighted by atomic mass is 9.86. The lowest BCUT2D eigenvalue weighted by Gasteiger charge is -2.19. The van der Waals surface area contributed by atoms with Crippen LogP contribution < -0.4 is 5.84 Å². The Balaban J connectivity index is 1.94. The van der Waals surface area contributed by atoms with Gasteiger partial charge in [0.15, 0.2) is 5.78 Å². The first-order valence-electron chi connectivity index (χ1n) is 8.50. The van der Waals surface area contributed by atoms with E-state index in [9.17, 15) is 27.6 Å². The number of nitrogens with zero attached hydrogens (tertiary/aromatic N) is 3. The van der Waals surface area contributed by atoms with E-state index in [0.717, 1.165) is 6.08 Å². The van der Waals surface area contributed by atoms with Crippen LogP contribution in [0.15, 0.2) is 48.8 Å². The number of carbonyl (C=O) groups excluding carboxylic acids is 3. The summed E-state index contributed by atoms with van der Waals surface area (Å²) in [5.74, 6) is 1.77. The van der Waals surface area contributed by atoms with Gasteiger partial charge in [0.1, 0.15) is 11.4 Å². The van der Waals surface area contributed by atoms with Crippen LogP contribution in [0.5, 0.6) is 0 Å². The number of pyridine rings is 2. The van der Waals surface area contributed by atoms with Crippen molar-refractivity contribution in [3.8, 4) is 0 Å². The summed E-state index contributed by atoms with van der Waals surface area (Å²) >= 11 is 0. The van der Waals surface area contributed by atoms with Gasteiger partial charge in [0.25, 0.3) is 0 Å². The Hall–Kier alpha value is -3.92. The molecule has 1 aliphatic carbocycles. The Kier molecular flexibility index (Phi) is 4.43. The highest BCUT2D eigenvalue weighted by atomic mass is 19.4. The number of hydrazine groups is 1. The number of benzene rings is 1. The Morgan fingerprint density at radius 2 is 1.77 bits per heavy atom. The number of hydrogen-bond acceptors (Lipinski definition) is 6. The molecule has 0 atom stereocenters. The molecule has 2 N–H and O–H groups in total. The van der Waals surface area contributed by atoms with Crippen molar-refractivity contribution in [3.63, 3.8) is 0 Å². The number of amides is 1. The Bertz CT molecular complexity index is 1270. The predicted molar refractivity (Wildman–Crippen MR) is 99.0 cm³/mol. The molecule has 150 valence electrons. The zero-order valence-corrected chi connectivity index (χ0v) is 15.0. The highest BCUT2D eigenvalue weighted by Gasteiger charge is 2.41. The Morgan fingerprint density at radius 1 is 1.03 bits per heavy atom. The number of hydrogen-bond donors (Lipinski definition) is 1. The van der Waals surface area contributed by atoms with Crippen LogP contribution in [-0.2, 0) is 4.79 Å². The van der Waals surface area contributed by atoms with Crippen LogP contribution in [0, 0.1) is 0 Å². The van der Waals surface area contributed by atoms with E-state index in [2.05, 4.69) is 9.97 Å². The average molecular weight is 412 g/mol. The normalized spacial score (nSPS) is 13.5. The van der Waals surface area contributed by atoms with E-state index in [-0.39, 0.29) is 33.1 Å². The second-order valence-electron chi connectivity index (χ2n) is 6.35. The molecule has 0 aliphatic heterocycles. The van der Waals surface area contributed by atoms with Gasteiger partial charge in [-0.15, -0.1) is 0 Å². The number of nitrogens with two attached hydrogens (primary N) is 1. The molecule has 1 amide bonds. The summed E-state index contributed by atoms with van der Waals surface area (Å²) in [5.41, 5.74) is 0.188. The fourth-order valence-electron chi connectivity index (χ4n) is 3.19. The van der Waals surface area contributed by atoms with Crippen LogP contribution in [-0.4, -0.2) is 38.6 Å². The molecule has 1 aromatic carbocycles. The maximum atomic E-state index is 13.1. The van der Waals surface area contributed by atoms with Crippen molar-refractivity contribution >= 4 is 34.5 Å². The maximum absolute atomic E-state index is 13.1. The van der Waals surface area contributed by atoms with E-state index in [1.807, 2.05) is 0 Å². The molecule has 1 aliphatic rings. The first-order chi connectivity index (χ1) is 14.2. The molecule has 4 rings (SSSR count). The molecule has 3 aromatic rings. The summed E-state index contributed by atoms with van der Waals surface area (Å²) in [5, 5.41) is 0.264. The second-order valence-corrected chi connectivity index (χ2v) is 6.35. The first-order valence-corrected chi connectivity index (χ1v) is 8.50. The molecular formula is C20H11F3N4O3. The minimum atomic E-state index is -5.17. The number of halogens is 3. The maximum Gasteiger partial charge on any atom is 0.473 e. The molecule has 7 nitrogen and oxygen atoms in total. The van der Waals surface area contributed by atoms with Crippen molar-refractivity contribution in [1.82, 2.24) is 15.0 Å². The van der Waals surface area contributed by atoms with Gasteiger partial charge in [-0.05, 0) is 29.8 Å². The van der Waals surface area contributed by atoms with Crippen LogP contribution in [0.25, 0.3) is 17.0 Å². The minimum Gasteiger partial charge on any atom is -0.288 e. The molecule has 0 saturated heterocycles. The molecular weight excluding hydrogens is 401 g/mol. The van der Waals surface area contributed by atoms with Gasteiger partial charge in [-0.1, -0.05) is 18.2 Å². The molecule has 0 radical (unpaired) electrons. The summed E-state index contributed by atoms with van der Waals surface area (Å²) in [7, 11) is 0. The summed E-state index contributed by atoms with van der Waals surface area (Å²) in [6, 6.07) is 9.38. The van der Waals surface area contributed by atoms with Crippen molar-refractivity contribution in [2.45, 2.75) is 6.18 Å². The van der Waals surface area contributed by atoms with Crippen molar-refractivity contribution in [1.29, 1.82) is 0 Å². The van der Waals surface area contributed by atoms with Gasteiger partial charge in [0.05, 0.1) is 16.6 Å². The fourth-order valence-corrected chi connectivity index (χ4v) is 3.19. The summed E-state index contributed by atoms with van der Waals surface area (Å²) in [6.45, 7) is 0. The molecule has 2 aromatic heterocycles. The van der Waals surface area contributed by atoms with Crippen molar-refractivity contribution in [3.05, 3.63) is 76.9 Å². The molecule has 10 heteroatoms. The first kappa shape index (κ1) is 19.4. The summed E-state index contributed by atoms with van der Waals surface area (Å²) in [4.78, 5) is 45.5. The van der Waals surface area contributed by atoms with E-state index >= 15 is 0 Å². The van der Waals surface area contributed by atoms with Crippen molar-refractivity contribution in [2.75, 3.05) is 0 Å². The van der Waals surface area contributed by atoms with Gasteiger partial charge in [0.2, 0.25) is 5.78 Å². The number of ketones is 2. The average Bonchev–Trinajstić information content (AvgIpc) is 2.73. The SMILES string of the molecule is NN(/C=C/c1c2c(nc3ccccc13)C(=O)c1ncccc1C2=O)C(=O)C(F)(F)F. The van der Waals surface area contributed by atoms with Gasteiger partial charge >= 0.3 is 12.1 Å². The van der Waals surface area contributed by atoms with Crippen LogP contribution in [0.3, 0.4) is 0 Å². The lowest BCUT2D eigenvalue weighted by Crippen LogP contribution is -2.41. The molecule has 0 fully saturated rings. The number of aromatic nitrogens is 2. The minimum absolute atomic E-state index is 0.0534. The van der Waals surface area contributed by atoms with Crippen molar-refractivity contribution < 1.29 is 27.6 Å². The third-order valence-electron chi connectivity index (χ3n) is 4.52. The van der Waals surface area contributed by atoms with Gasteiger partial charge < -0.3 is 0 Å². The highest BCUT2D eigenvalue weighted by molar-refractivity contribution is 6.29. The topological polar surface area (TPSA) is 106 Å². The van der Waals surface area contributed by atoms with Gasteiger partial charge in [-0.2, -0.15) is 13.2 Å². The summed E-state index contributed by atoms with van der Waals surface area (Å²) < 4.78 is 37.8. The fraction of sp³-hybridized carbons (Fsp3) is 0.0500. The molecule has 0 spiro atoms. The van der Waals surface area contributed by atoms with Gasteiger partial charge in [-0.3, -0.25) is 19.4 Å². The smallest absolute Gasteiger partial charge is 0.288 e. The van der Waals surface area contributed by atoms with Crippen LogP contribution in [0.4, 0.5) is 13.2 Å². The van der Waals surface area contributed by atoms with E-state index < -0.39 is 23.6 Å². The lowest BCUT2D eigenvalue weighted by molar-refractivity contribution is -0.182. The Morgan fingerprint density at radius 3 is 2.50 bits per heavy atom. The quantitative estimate of drug-likeness (QED) is 0.308. The zero-order chi connectivity index (χ0) is 21.6. The number of para-hydroxylation sites is 1. The van der Waals surface area contributed by atoms with E-state index in [4.69, 9.17) is 5.84 Å². The molecule has 30 heavy (non-hydrogen) atoms. The third kappa shape index (κ3) is 3.03. The monoisotopic (exact) mass is 412 g/mol. The van der Waals surface area contributed by atoms with Crippen LogP contribution in [0.2, 0.25) is 0 Å². The highest BCUT2D eigenvalue weighted by Crippen LogP contribution is 2.32. The number of rotatable bonds is 2. The standard InChI is InChI=1S/C20H11F3N4O3/c21-20(22,23)19(30)27(24)9-7-11-10-4-1-2-6-13(10)26-16-14(11)17(28)12-5-3-8-25-15(12)18(16)29/h1-9H,24H2/b9-7+. The van der Waals surface area contributed by atoms with Crippen LogP contribution >= 0.6 is 0 Å². The summed E-state index contributed by atoms with van der Waals surface area (Å²) in [6.07, 6.45) is -2.03. The third-order valence-corrected chi connectivity index (χ3v) is 4.52. The molecule has 0 unspecified atom stereocenters. The van der Waals surface area contributed by atoms with E-state index in [1.54, 1.807) is 24.3 Å². The van der Waals surface area contributed by atoms with Gasteiger partial charge in [-0.25, -0.2) is 15.8 Å². The predicted octanol–water partition coefficient (Wildman–Crippen LogP) is 2.64. The van der Waals surface area contributed by atoms with Crippen LogP contribution in [0.1, 0.15) is 37.7 Å². The van der Waals surface area contributed by atoms with Gasteiger partial charge in [0, 0.05) is 17.8 Å². The van der Waals surface area contributed by atoms with Crippen molar-refractivity contribution in [2.24, 2.45) is 5.84 Å². The Labute approximate surface area is 166 Å².